The Morgan fingerprint density at radius 1 is 1.07 bits per heavy atom. The van der Waals surface area contributed by atoms with E-state index in [2.05, 4.69) is 10.3 Å². The van der Waals surface area contributed by atoms with Crippen molar-refractivity contribution < 1.29 is 14.0 Å². The summed E-state index contributed by atoms with van der Waals surface area (Å²) in [5.41, 5.74) is 8.36. The van der Waals surface area contributed by atoms with Crippen LogP contribution in [0.2, 0.25) is 5.02 Å². The molecule has 0 aliphatic heterocycles. The Morgan fingerprint density at radius 2 is 1.83 bits per heavy atom. The highest BCUT2D eigenvalue weighted by Crippen LogP contribution is 2.30. The highest BCUT2D eigenvalue weighted by Gasteiger charge is 2.15. The van der Waals surface area contributed by atoms with Gasteiger partial charge in [0.25, 0.3) is 5.91 Å². The van der Waals surface area contributed by atoms with Crippen LogP contribution < -0.4 is 11.1 Å². The summed E-state index contributed by atoms with van der Waals surface area (Å²) in [6, 6.07) is 17.9. The van der Waals surface area contributed by atoms with E-state index in [1.54, 1.807) is 18.2 Å². The van der Waals surface area contributed by atoms with Crippen LogP contribution in [0.5, 0.6) is 0 Å². The summed E-state index contributed by atoms with van der Waals surface area (Å²) in [6.07, 6.45) is 0.192. The van der Waals surface area contributed by atoms with Crippen molar-refractivity contribution in [2.45, 2.75) is 6.42 Å². The first-order valence-electron chi connectivity index (χ1n) is 8.99. The Labute approximate surface area is 181 Å². The lowest BCUT2D eigenvalue weighted by Crippen LogP contribution is -2.13. The Hall–Kier alpha value is -3.42. The van der Waals surface area contributed by atoms with Crippen LogP contribution >= 0.6 is 22.9 Å². The SMILES string of the molecule is NC(=O)Cc1ccc(-c2csc(NC(=O)c3ccc(-c4ccccc4Cl)o3)n2)cc1. The molecule has 0 saturated carbocycles. The lowest BCUT2D eigenvalue weighted by Gasteiger charge is -2.01. The van der Waals surface area contributed by atoms with E-state index in [4.69, 9.17) is 21.8 Å². The number of carbonyl (C=O) groups is 2. The number of rotatable bonds is 6. The second kappa shape index (κ2) is 8.52. The van der Waals surface area contributed by atoms with Gasteiger partial charge < -0.3 is 10.2 Å². The summed E-state index contributed by atoms with van der Waals surface area (Å²) < 4.78 is 5.66. The maximum absolute atomic E-state index is 12.5. The number of furan rings is 1. The van der Waals surface area contributed by atoms with Crippen molar-refractivity contribution in [1.29, 1.82) is 0 Å². The number of hydrogen-bond donors (Lipinski definition) is 2. The van der Waals surface area contributed by atoms with Crippen LogP contribution in [-0.4, -0.2) is 16.8 Å². The van der Waals surface area contributed by atoms with Gasteiger partial charge in [-0.1, -0.05) is 48.0 Å². The first-order chi connectivity index (χ1) is 14.5. The van der Waals surface area contributed by atoms with Crippen molar-refractivity contribution in [2.75, 3.05) is 5.32 Å². The highest BCUT2D eigenvalue weighted by atomic mass is 35.5. The first-order valence-corrected chi connectivity index (χ1v) is 10.2. The standard InChI is InChI=1S/C22H16ClN3O3S/c23-16-4-2-1-3-15(16)18-9-10-19(29-18)21(28)26-22-25-17(12-30-22)14-7-5-13(6-8-14)11-20(24)27/h1-10,12H,11H2,(H2,24,27)(H,25,26,28). The monoisotopic (exact) mass is 437 g/mol. The number of nitrogens with zero attached hydrogens (tertiary/aromatic N) is 1. The summed E-state index contributed by atoms with van der Waals surface area (Å²) in [5.74, 6) is -0.0952. The lowest BCUT2D eigenvalue weighted by atomic mass is 10.1. The van der Waals surface area contributed by atoms with Gasteiger partial charge in [-0.05, 0) is 29.8 Å². The van der Waals surface area contributed by atoms with E-state index in [-0.39, 0.29) is 18.1 Å². The maximum atomic E-state index is 12.5. The number of amides is 2. The number of primary amides is 1. The van der Waals surface area contributed by atoms with Gasteiger partial charge >= 0.3 is 0 Å². The van der Waals surface area contributed by atoms with Crippen molar-refractivity contribution in [3.05, 3.63) is 82.4 Å². The van der Waals surface area contributed by atoms with E-state index in [9.17, 15) is 9.59 Å². The smallest absolute Gasteiger partial charge is 0.293 e. The number of nitrogens with one attached hydrogen (secondary N) is 1. The fourth-order valence-electron chi connectivity index (χ4n) is 2.88. The third-order valence-electron chi connectivity index (χ3n) is 4.32. The molecule has 8 heteroatoms. The number of hydrogen-bond acceptors (Lipinski definition) is 5. The van der Waals surface area contributed by atoms with Crippen LogP contribution in [-0.2, 0) is 11.2 Å². The molecule has 0 aliphatic carbocycles. The third-order valence-corrected chi connectivity index (χ3v) is 5.41. The Bertz CT molecular complexity index is 1210. The van der Waals surface area contributed by atoms with Crippen molar-refractivity contribution in [3.8, 4) is 22.6 Å². The Morgan fingerprint density at radius 3 is 2.57 bits per heavy atom. The summed E-state index contributed by atoms with van der Waals surface area (Å²) in [6.45, 7) is 0. The molecule has 0 radical (unpaired) electrons. The van der Waals surface area contributed by atoms with Gasteiger partial charge in [-0.2, -0.15) is 0 Å². The normalized spacial score (nSPS) is 10.7. The molecule has 4 aromatic rings. The summed E-state index contributed by atoms with van der Waals surface area (Å²) >= 11 is 7.49. The number of benzene rings is 2. The number of halogens is 1. The number of aromatic nitrogens is 1. The number of anilines is 1. The summed E-state index contributed by atoms with van der Waals surface area (Å²) in [4.78, 5) is 28.0. The molecule has 2 aromatic carbocycles. The molecule has 6 nitrogen and oxygen atoms in total. The molecule has 2 amide bonds. The predicted molar refractivity (Wildman–Crippen MR) is 118 cm³/mol. The van der Waals surface area contributed by atoms with Crippen LogP contribution in [0.1, 0.15) is 16.1 Å². The molecule has 30 heavy (non-hydrogen) atoms. The molecule has 150 valence electrons. The molecule has 0 saturated heterocycles. The van der Waals surface area contributed by atoms with Gasteiger partial charge in [-0.15, -0.1) is 11.3 Å². The molecule has 0 aliphatic rings. The molecular formula is C22H16ClN3O3S. The topological polar surface area (TPSA) is 98.2 Å². The molecule has 0 atom stereocenters. The molecule has 2 heterocycles. The molecule has 4 rings (SSSR count). The lowest BCUT2D eigenvalue weighted by molar-refractivity contribution is -0.117. The molecule has 0 unspecified atom stereocenters. The van der Waals surface area contributed by atoms with E-state index in [0.717, 1.165) is 22.4 Å². The van der Waals surface area contributed by atoms with Crippen LogP contribution in [0.15, 0.2) is 70.5 Å². The van der Waals surface area contributed by atoms with Gasteiger partial charge in [0.1, 0.15) is 5.76 Å². The van der Waals surface area contributed by atoms with E-state index in [1.165, 1.54) is 11.3 Å². The minimum Gasteiger partial charge on any atom is -0.451 e. The van der Waals surface area contributed by atoms with Gasteiger partial charge in [0.05, 0.1) is 17.1 Å². The zero-order chi connectivity index (χ0) is 21.1. The largest absolute Gasteiger partial charge is 0.451 e. The number of thiazole rings is 1. The van der Waals surface area contributed by atoms with Crippen LogP contribution in [0.3, 0.4) is 0 Å². The minimum atomic E-state index is -0.397. The minimum absolute atomic E-state index is 0.164. The molecule has 0 bridgehead atoms. The van der Waals surface area contributed by atoms with E-state index < -0.39 is 5.91 Å². The van der Waals surface area contributed by atoms with Crippen LogP contribution in [0, 0.1) is 0 Å². The number of nitrogens with two attached hydrogens (primary N) is 1. The number of carbonyl (C=O) groups excluding carboxylic acids is 2. The predicted octanol–water partition coefficient (Wildman–Crippen LogP) is 5.00. The van der Waals surface area contributed by atoms with E-state index in [1.807, 2.05) is 47.8 Å². The Balaban J connectivity index is 1.46. The second-order valence-electron chi connectivity index (χ2n) is 6.48. The average Bonchev–Trinajstić information content (AvgIpc) is 3.38. The van der Waals surface area contributed by atoms with Crippen LogP contribution in [0.25, 0.3) is 22.6 Å². The highest BCUT2D eigenvalue weighted by molar-refractivity contribution is 7.14. The van der Waals surface area contributed by atoms with E-state index >= 15 is 0 Å². The molecule has 3 N–H and O–H groups in total. The molecule has 0 spiro atoms. The van der Waals surface area contributed by atoms with E-state index in [0.29, 0.717) is 15.9 Å². The molecular weight excluding hydrogens is 422 g/mol. The second-order valence-corrected chi connectivity index (χ2v) is 7.74. The third kappa shape index (κ3) is 4.42. The zero-order valence-corrected chi connectivity index (χ0v) is 17.2. The van der Waals surface area contributed by atoms with Crippen molar-refractivity contribution in [2.24, 2.45) is 5.73 Å². The maximum Gasteiger partial charge on any atom is 0.293 e. The van der Waals surface area contributed by atoms with Crippen molar-refractivity contribution in [3.63, 3.8) is 0 Å². The van der Waals surface area contributed by atoms with Gasteiger partial charge in [0.15, 0.2) is 10.9 Å². The average molecular weight is 438 g/mol. The zero-order valence-electron chi connectivity index (χ0n) is 15.6. The molecule has 0 fully saturated rings. The van der Waals surface area contributed by atoms with Gasteiger partial charge in [-0.25, -0.2) is 4.98 Å². The van der Waals surface area contributed by atoms with Crippen molar-refractivity contribution >= 4 is 39.9 Å². The van der Waals surface area contributed by atoms with Gasteiger partial charge in [-0.3, -0.25) is 14.9 Å². The molecule has 2 aromatic heterocycles. The van der Waals surface area contributed by atoms with Gasteiger partial charge in [0.2, 0.25) is 5.91 Å². The van der Waals surface area contributed by atoms with Crippen LogP contribution in [0.4, 0.5) is 5.13 Å². The Kier molecular flexibility index (Phi) is 5.65. The fourth-order valence-corrected chi connectivity index (χ4v) is 3.83. The summed E-state index contributed by atoms with van der Waals surface area (Å²) in [7, 11) is 0. The fraction of sp³-hybridized carbons (Fsp3) is 0.0455. The quantitative estimate of drug-likeness (QED) is 0.443. The van der Waals surface area contributed by atoms with Crippen molar-refractivity contribution in [1.82, 2.24) is 4.98 Å². The first kappa shape index (κ1) is 19.9. The van der Waals surface area contributed by atoms with Gasteiger partial charge in [0, 0.05) is 16.5 Å². The summed E-state index contributed by atoms with van der Waals surface area (Å²) in [5, 5.41) is 5.59.